The topological polar surface area (TPSA) is 0 Å². The Morgan fingerprint density at radius 2 is 0.720 bits per heavy atom. The van der Waals surface area contributed by atoms with E-state index < -0.39 is 0 Å². The SMILES string of the molecule is [CH2]CCCCCCCCCCCCCCCCCCCCC(C)C[CH2]. The van der Waals surface area contributed by atoms with Crippen molar-refractivity contribution in [1.29, 1.82) is 0 Å². The van der Waals surface area contributed by atoms with Gasteiger partial charge in [0.25, 0.3) is 0 Å². The summed E-state index contributed by atoms with van der Waals surface area (Å²) in [6, 6.07) is 0. The normalized spacial score (nSPS) is 12.6. The van der Waals surface area contributed by atoms with E-state index in [1.54, 1.807) is 0 Å². The number of rotatable bonds is 21. The van der Waals surface area contributed by atoms with Crippen LogP contribution in [0, 0.1) is 19.8 Å². The fourth-order valence-corrected chi connectivity index (χ4v) is 3.64. The van der Waals surface area contributed by atoms with Crippen LogP contribution in [0.15, 0.2) is 0 Å². The van der Waals surface area contributed by atoms with Crippen LogP contribution in [0.4, 0.5) is 0 Å². The summed E-state index contributed by atoms with van der Waals surface area (Å²) in [7, 11) is 0. The first-order valence-electron chi connectivity index (χ1n) is 11.9. The zero-order chi connectivity index (χ0) is 18.4. The maximum absolute atomic E-state index is 3.98. The van der Waals surface area contributed by atoms with Crippen LogP contribution in [0.5, 0.6) is 0 Å². The first-order valence-corrected chi connectivity index (χ1v) is 11.9. The largest absolute Gasteiger partial charge is 0.0625 e. The second-order valence-corrected chi connectivity index (χ2v) is 8.40. The lowest BCUT2D eigenvalue weighted by atomic mass is 9.99. The molecule has 0 heterocycles. The van der Waals surface area contributed by atoms with E-state index in [0.29, 0.717) is 0 Å². The van der Waals surface area contributed by atoms with E-state index >= 15 is 0 Å². The van der Waals surface area contributed by atoms with Crippen molar-refractivity contribution in [3.63, 3.8) is 0 Å². The van der Waals surface area contributed by atoms with Gasteiger partial charge in [0.2, 0.25) is 0 Å². The van der Waals surface area contributed by atoms with Crippen molar-refractivity contribution >= 4 is 0 Å². The predicted octanol–water partition coefficient (Wildman–Crippen LogP) is 9.48. The first-order chi connectivity index (χ1) is 12.3. The highest BCUT2D eigenvalue weighted by molar-refractivity contribution is 4.55. The second kappa shape index (κ2) is 22.0. The third kappa shape index (κ3) is 22.0. The minimum Gasteiger partial charge on any atom is -0.0625 e. The molecule has 0 spiro atoms. The first kappa shape index (κ1) is 25.0. The third-order valence-corrected chi connectivity index (χ3v) is 5.69. The average Bonchev–Trinajstić information content (AvgIpc) is 2.63. The van der Waals surface area contributed by atoms with E-state index in [2.05, 4.69) is 20.8 Å². The van der Waals surface area contributed by atoms with Crippen LogP contribution >= 0.6 is 0 Å². The molecule has 0 aliphatic heterocycles. The van der Waals surface area contributed by atoms with Gasteiger partial charge in [-0.15, -0.1) is 0 Å². The molecule has 0 aromatic rings. The molecular formula is C25H50. The van der Waals surface area contributed by atoms with Crippen molar-refractivity contribution in [3.05, 3.63) is 13.8 Å². The molecule has 0 nitrogen and oxygen atoms in total. The highest BCUT2D eigenvalue weighted by Crippen LogP contribution is 2.16. The summed E-state index contributed by atoms with van der Waals surface area (Å²) < 4.78 is 0. The van der Waals surface area contributed by atoms with Crippen molar-refractivity contribution in [2.45, 2.75) is 142 Å². The summed E-state index contributed by atoms with van der Waals surface area (Å²) in [5, 5.41) is 0. The van der Waals surface area contributed by atoms with Crippen molar-refractivity contribution < 1.29 is 0 Å². The Balaban J connectivity index is 2.98. The molecule has 0 rings (SSSR count). The molecule has 0 N–H and O–H groups in total. The molecule has 0 aromatic carbocycles. The van der Waals surface area contributed by atoms with Gasteiger partial charge in [-0.1, -0.05) is 156 Å². The second-order valence-electron chi connectivity index (χ2n) is 8.40. The smallest absolute Gasteiger partial charge is 0.0443 e. The van der Waals surface area contributed by atoms with Crippen molar-refractivity contribution in [2.75, 3.05) is 0 Å². The van der Waals surface area contributed by atoms with Gasteiger partial charge in [-0.25, -0.2) is 0 Å². The Bertz CT molecular complexity index is 220. The monoisotopic (exact) mass is 350 g/mol. The minimum atomic E-state index is 0.837. The molecule has 0 fully saturated rings. The lowest BCUT2D eigenvalue weighted by Crippen LogP contribution is -1.91. The Kier molecular flexibility index (Phi) is 22.0. The van der Waals surface area contributed by atoms with Crippen LogP contribution in [0.2, 0.25) is 0 Å². The summed E-state index contributed by atoms with van der Waals surface area (Å²) in [4.78, 5) is 0. The summed E-state index contributed by atoms with van der Waals surface area (Å²) in [5.74, 6) is 0.837. The molecule has 25 heavy (non-hydrogen) atoms. The van der Waals surface area contributed by atoms with E-state index in [-0.39, 0.29) is 0 Å². The molecule has 0 aliphatic carbocycles. The Labute approximate surface area is 161 Å². The molecule has 150 valence electrons. The van der Waals surface area contributed by atoms with E-state index in [1.165, 1.54) is 122 Å². The molecule has 0 saturated carbocycles. The summed E-state index contributed by atoms with van der Waals surface area (Å²) in [6.07, 6.45) is 29.8. The van der Waals surface area contributed by atoms with Gasteiger partial charge in [0.1, 0.15) is 0 Å². The van der Waals surface area contributed by atoms with Crippen LogP contribution in [-0.2, 0) is 0 Å². The number of unbranched alkanes of at least 4 members (excludes halogenated alkanes) is 18. The van der Waals surface area contributed by atoms with E-state index in [4.69, 9.17) is 0 Å². The third-order valence-electron chi connectivity index (χ3n) is 5.69. The molecule has 0 amide bonds. The van der Waals surface area contributed by atoms with E-state index in [1.807, 2.05) is 0 Å². The standard InChI is InChI=1S/C25H50/c1-4-6-7-8-9-10-11-12-13-14-15-16-17-18-19-20-21-22-23-24-25(3)5-2/h25H,1-2,4-24H2,3H3. The number of hydrogen-bond acceptors (Lipinski definition) is 0. The highest BCUT2D eigenvalue weighted by Gasteiger charge is 1.98. The van der Waals surface area contributed by atoms with Gasteiger partial charge in [0, 0.05) is 0 Å². The molecule has 0 heteroatoms. The van der Waals surface area contributed by atoms with Crippen LogP contribution in [0.3, 0.4) is 0 Å². The molecule has 0 aromatic heterocycles. The summed E-state index contributed by atoms with van der Waals surface area (Å²) in [5.41, 5.74) is 0. The average molecular weight is 351 g/mol. The summed E-state index contributed by atoms with van der Waals surface area (Å²) in [6.45, 7) is 10.2. The molecular weight excluding hydrogens is 300 g/mol. The van der Waals surface area contributed by atoms with Crippen LogP contribution < -0.4 is 0 Å². The lowest BCUT2D eigenvalue weighted by molar-refractivity contribution is 0.481. The molecule has 0 bridgehead atoms. The van der Waals surface area contributed by atoms with Gasteiger partial charge >= 0.3 is 0 Å². The fraction of sp³-hybridized carbons (Fsp3) is 0.920. The Hall–Kier alpha value is 0. The predicted molar refractivity (Wildman–Crippen MR) is 117 cm³/mol. The van der Waals surface area contributed by atoms with E-state index in [0.717, 1.165) is 18.8 Å². The molecule has 1 unspecified atom stereocenters. The minimum absolute atomic E-state index is 0.837. The maximum atomic E-state index is 3.98. The van der Waals surface area contributed by atoms with E-state index in [9.17, 15) is 0 Å². The molecule has 1 atom stereocenters. The molecule has 0 saturated heterocycles. The Morgan fingerprint density at radius 3 is 1.00 bits per heavy atom. The van der Waals surface area contributed by atoms with Crippen molar-refractivity contribution in [3.8, 4) is 0 Å². The van der Waals surface area contributed by atoms with Crippen LogP contribution in [0.25, 0.3) is 0 Å². The van der Waals surface area contributed by atoms with Crippen molar-refractivity contribution in [2.24, 2.45) is 5.92 Å². The van der Waals surface area contributed by atoms with Gasteiger partial charge in [-0.3, -0.25) is 0 Å². The van der Waals surface area contributed by atoms with Crippen LogP contribution in [0.1, 0.15) is 142 Å². The zero-order valence-corrected chi connectivity index (χ0v) is 17.8. The van der Waals surface area contributed by atoms with Gasteiger partial charge in [0.15, 0.2) is 0 Å². The van der Waals surface area contributed by atoms with Crippen LogP contribution in [-0.4, -0.2) is 0 Å². The molecule has 2 radical (unpaired) electrons. The van der Waals surface area contributed by atoms with Gasteiger partial charge in [-0.2, -0.15) is 0 Å². The van der Waals surface area contributed by atoms with Gasteiger partial charge in [0.05, 0.1) is 0 Å². The van der Waals surface area contributed by atoms with Crippen molar-refractivity contribution in [1.82, 2.24) is 0 Å². The Morgan fingerprint density at radius 1 is 0.440 bits per heavy atom. The fourth-order valence-electron chi connectivity index (χ4n) is 3.64. The maximum Gasteiger partial charge on any atom is -0.0443 e. The zero-order valence-electron chi connectivity index (χ0n) is 17.8. The van der Waals surface area contributed by atoms with Gasteiger partial charge in [-0.05, 0) is 5.92 Å². The highest BCUT2D eigenvalue weighted by atomic mass is 14.0. The quantitative estimate of drug-likeness (QED) is 0.181. The summed E-state index contributed by atoms with van der Waals surface area (Å²) >= 11 is 0. The lowest BCUT2D eigenvalue weighted by Gasteiger charge is -2.07. The number of hydrogen-bond donors (Lipinski definition) is 0. The van der Waals surface area contributed by atoms with Gasteiger partial charge < -0.3 is 0 Å². The molecule has 0 aliphatic rings.